The van der Waals surface area contributed by atoms with Gasteiger partial charge in [0.25, 0.3) is 0 Å². The van der Waals surface area contributed by atoms with Gasteiger partial charge in [-0.05, 0) is 49.5 Å². The Kier molecular flexibility index (Phi) is 7.00. The molecule has 4 nitrogen and oxygen atoms in total. The number of nitrogens with one attached hydrogen (secondary N) is 2. The smallest absolute Gasteiger partial charge is 0.191 e. The van der Waals surface area contributed by atoms with Gasteiger partial charge in [-0.2, -0.15) is 0 Å². The average molecular weight is 323 g/mol. The zero-order valence-electron chi connectivity index (χ0n) is 13.6. The van der Waals surface area contributed by atoms with Gasteiger partial charge in [0.05, 0.1) is 0 Å². The Morgan fingerprint density at radius 2 is 2.27 bits per heavy atom. The Morgan fingerprint density at radius 1 is 1.41 bits per heavy atom. The summed E-state index contributed by atoms with van der Waals surface area (Å²) < 4.78 is 0. The normalized spacial score (nSPS) is 19.4. The van der Waals surface area contributed by atoms with Crippen molar-refractivity contribution in [3.8, 4) is 0 Å². The first-order chi connectivity index (χ1) is 10.7. The van der Waals surface area contributed by atoms with E-state index in [-0.39, 0.29) is 0 Å². The monoisotopic (exact) mass is 322 g/mol. The van der Waals surface area contributed by atoms with Gasteiger partial charge in [0.2, 0.25) is 0 Å². The minimum Gasteiger partial charge on any atom is -0.356 e. The molecule has 0 radical (unpaired) electrons. The molecule has 0 aliphatic carbocycles. The summed E-state index contributed by atoms with van der Waals surface area (Å²) in [5.41, 5.74) is 1.16. The van der Waals surface area contributed by atoms with Crippen LogP contribution in [-0.4, -0.2) is 44.1 Å². The molecular weight excluding hydrogens is 296 g/mol. The maximum Gasteiger partial charge on any atom is 0.191 e. The zero-order valence-corrected chi connectivity index (χ0v) is 14.4. The Morgan fingerprint density at radius 3 is 3.00 bits per heavy atom. The second-order valence-electron chi connectivity index (χ2n) is 5.89. The second kappa shape index (κ2) is 9.01. The van der Waals surface area contributed by atoms with Crippen LogP contribution in [0.4, 0.5) is 0 Å². The van der Waals surface area contributed by atoms with Crippen LogP contribution in [0.3, 0.4) is 0 Å². The molecule has 1 aliphatic heterocycles. The number of rotatable bonds is 6. The van der Waals surface area contributed by atoms with E-state index in [1.54, 1.807) is 0 Å². The standard InChI is InChI=1S/C17H27ClN4/c1-3-8-22-9-7-15(13-22)12-21-17(19-2)20-11-14-5-4-6-16(18)10-14/h4-6,10,15H,3,7-9,11-13H2,1-2H3,(H2,19,20,21). The average Bonchev–Trinajstić information content (AvgIpc) is 2.95. The van der Waals surface area contributed by atoms with Crippen molar-refractivity contribution in [1.82, 2.24) is 15.5 Å². The molecule has 1 aliphatic rings. The molecule has 0 bridgehead atoms. The van der Waals surface area contributed by atoms with Gasteiger partial charge in [-0.25, -0.2) is 0 Å². The molecule has 1 fully saturated rings. The number of benzene rings is 1. The van der Waals surface area contributed by atoms with Crippen LogP contribution in [-0.2, 0) is 6.54 Å². The summed E-state index contributed by atoms with van der Waals surface area (Å²) >= 11 is 6.00. The molecule has 1 atom stereocenters. The van der Waals surface area contributed by atoms with Crippen molar-refractivity contribution in [2.24, 2.45) is 10.9 Å². The van der Waals surface area contributed by atoms with E-state index in [0.717, 1.165) is 35.6 Å². The summed E-state index contributed by atoms with van der Waals surface area (Å²) in [6, 6.07) is 7.89. The minimum absolute atomic E-state index is 0.719. The molecule has 0 aromatic heterocycles. The summed E-state index contributed by atoms with van der Waals surface area (Å²) in [5, 5.41) is 7.55. The summed E-state index contributed by atoms with van der Waals surface area (Å²) in [6.07, 6.45) is 2.52. The SMILES string of the molecule is CCCN1CCC(CNC(=NC)NCc2cccc(Cl)c2)C1. The Labute approximate surface area is 138 Å². The van der Waals surface area contributed by atoms with Crippen molar-refractivity contribution < 1.29 is 0 Å². The zero-order chi connectivity index (χ0) is 15.8. The molecule has 5 heteroatoms. The van der Waals surface area contributed by atoms with Gasteiger partial charge in [-0.3, -0.25) is 4.99 Å². The predicted octanol–water partition coefficient (Wildman–Crippen LogP) is 2.74. The highest BCUT2D eigenvalue weighted by molar-refractivity contribution is 6.30. The van der Waals surface area contributed by atoms with E-state index in [1.807, 2.05) is 25.2 Å². The van der Waals surface area contributed by atoms with Crippen LogP contribution in [0.1, 0.15) is 25.3 Å². The molecule has 1 aromatic rings. The lowest BCUT2D eigenvalue weighted by Gasteiger charge is -2.17. The number of aliphatic imine (C=N–C) groups is 1. The van der Waals surface area contributed by atoms with E-state index in [9.17, 15) is 0 Å². The molecule has 1 unspecified atom stereocenters. The first kappa shape index (κ1) is 17.1. The number of likely N-dealkylation sites (tertiary alicyclic amines) is 1. The second-order valence-corrected chi connectivity index (χ2v) is 6.33. The van der Waals surface area contributed by atoms with Crippen molar-refractivity contribution in [1.29, 1.82) is 0 Å². The summed E-state index contributed by atoms with van der Waals surface area (Å²) in [4.78, 5) is 6.84. The minimum atomic E-state index is 0.719. The van der Waals surface area contributed by atoms with Crippen LogP contribution in [0.25, 0.3) is 0 Å². The van der Waals surface area contributed by atoms with Crippen LogP contribution in [0.15, 0.2) is 29.3 Å². The Balaban J connectivity index is 1.72. The van der Waals surface area contributed by atoms with Gasteiger partial charge in [-0.15, -0.1) is 0 Å². The number of halogens is 1. The molecule has 0 saturated carbocycles. The third-order valence-corrected chi connectivity index (χ3v) is 4.28. The number of guanidine groups is 1. The highest BCUT2D eigenvalue weighted by atomic mass is 35.5. The number of hydrogen-bond acceptors (Lipinski definition) is 2. The van der Waals surface area contributed by atoms with E-state index in [2.05, 4.69) is 33.5 Å². The number of nitrogens with zero attached hydrogens (tertiary/aromatic N) is 2. The molecule has 1 heterocycles. The van der Waals surface area contributed by atoms with Crippen LogP contribution in [0.2, 0.25) is 5.02 Å². The Bertz CT molecular complexity index is 489. The first-order valence-electron chi connectivity index (χ1n) is 8.12. The van der Waals surface area contributed by atoms with Crippen molar-refractivity contribution in [2.45, 2.75) is 26.3 Å². The van der Waals surface area contributed by atoms with Crippen LogP contribution >= 0.6 is 11.6 Å². The van der Waals surface area contributed by atoms with E-state index in [0.29, 0.717) is 0 Å². The van der Waals surface area contributed by atoms with Gasteiger partial charge in [-0.1, -0.05) is 30.7 Å². The molecule has 2 rings (SSSR count). The molecule has 1 aromatic carbocycles. The fraction of sp³-hybridized carbons (Fsp3) is 0.588. The van der Waals surface area contributed by atoms with E-state index in [1.165, 1.54) is 32.5 Å². The molecular formula is C17H27ClN4. The largest absolute Gasteiger partial charge is 0.356 e. The fourth-order valence-electron chi connectivity index (χ4n) is 2.89. The lowest BCUT2D eigenvalue weighted by Crippen LogP contribution is -2.39. The van der Waals surface area contributed by atoms with Gasteiger partial charge < -0.3 is 15.5 Å². The maximum atomic E-state index is 6.00. The van der Waals surface area contributed by atoms with Gasteiger partial charge in [0, 0.05) is 31.7 Å². The molecule has 22 heavy (non-hydrogen) atoms. The molecule has 0 spiro atoms. The molecule has 2 N–H and O–H groups in total. The van der Waals surface area contributed by atoms with E-state index < -0.39 is 0 Å². The molecule has 1 saturated heterocycles. The van der Waals surface area contributed by atoms with E-state index >= 15 is 0 Å². The van der Waals surface area contributed by atoms with Gasteiger partial charge in [0.1, 0.15) is 0 Å². The van der Waals surface area contributed by atoms with Crippen LogP contribution < -0.4 is 10.6 Å². The highest BCUT2D eigenvalue weighted by Crippen LogP contribution is 2.15. The van der Waals surface area contributed by atoms with Gasteiger partial charge >= 0.3 is 0 Å². The fourth-order valence-corrected chi connectivity index (χ4v) is 3.11. The number of hydrogen-bond donors (Lipinski definition) is 2. The quantitative estimate of drug-likeness (QED) is 0.625. The lowest BCUT2D eigenvalue weighted by atomic mass is 10.1. The van der Waals surface area contributed by atoms with Gasteiger partial charge in [0.15, 0.2) is 5.96 Å². The highest BCUT2D eigenvalue weighted by Gasteiger charge is 2.21. The van der Waals surface area contributed by atoms with Crippen LogP contribution in [0.5, 0.6) is 0 Å². The topological polar surface area (TPSA) is 39.7 Å². The third-order valence-electron chi connectivity index (χ3n) is 4.04. The third kappa shape index (κ3) is 5.50. The van der Waals surface area contributed by atoms with Crippen molar-refractivity contribution >= 4 is 17.6 Å². The van der Waals surface area contributed by atoms with Crippen molar-refractivity contribution in [3.05, 3.63) is 34.9 Å². The first-order valence-corrected chi connectivity index (χ1v) is 8.50. The lowest BCUT2D eigenvalue weighted by molar-refractivity contribution is 0.324. The predicted molar refractivity (Wildman–Crippen MR) is 94.5 cm³/mol. The summed E-state index contributed by atoms with van der Waals surface area (Å²) in [6.45, 7) is 7.61. The van der Waals surface area contributed by atoms with Crippen molar-refractivity contribution in [2.75, 3.05) is 33.2 Å². The summed E-state index contributed by atoms with van der Waals surface area (Å²) in [5.74, 6) is 1.57. The van der Waals surface area contributed by atoms with Crippen molar-refractivity contribution in [3.63, 3.8) is 0 Å². The van der Waals surface area contributed by atoms with Crippen LogP contribution in [0, 0.1) is 5.92 Å². The molecule has 0 amide bonds. The molecule has 122 valence electrons. The summed E-state index contributed by atoms with van der Waals surface area (Å²) in [7, 11) is 1.81. The Hall–Kier alpha value is -1.26. The maximum absolute atomic E-state index is 6.00. The van der Waals surface area contributed by atoms with E-state index in [4.69, 9.17) is 11.6 Å².